The molecule has 20 heavy (non-hydrogen) atoms. The molecule has 1 amide bonds. The lowest BCUT2D eigenvalue weighted by atomic mass is 10.3. The maximum Gasteiger partial charge on any atom is 0.356 e. The highest BCUT2D eigenvalue weighted by Crippen LogP contribution is 2.20. The molecule has 8 nitrogen and oxygen atoms in total. The van der Waals surface area contributed by atoms with Gasteiger partial charge in [-0.25, -0.2) is 18.2 Å². The van der Waals surface area contributed by atoms with Crippen LogP contribution in [0.2, 0.25) is 0 Å². The first-order valence-corrected chi connectivity index (χ1v) is 8.01. The highest BCUT2D eigenvalue weighted by Gasteiger charge is 2.29. The summed E-state index contributed by atoms with van der Waals surface area (Å²) in [5, 5.41) is 8.86. The number of hydrogen-bond donors (Lipinski definition) is 2. The molecule has 10 heteroatoms. The van der Waals surface area contributed by atoms with Gasteiger partial charge in [0.05, 0.1) is 11.6 Å². The summed E-state index contributed by atoms with van der Waals surface area (Å²) in [5.74, 6) is -1.84. The molecule has 1 rings (SSSR count). The number of nitrogens with zero attached hydrogens (tertiary/aromatic N) is 2. The van der Waals surface area contributed by atoms with E-state index in [1.807, 2.05) is 0 Å². The van der Waals surface area contributed by atoms with Crippen molar-refractivity contribution in [2.24, 2.45) is 0 Å². The van der Waals surface area contributed by atoms with E-state index in [9.17, 15) is 18.0 Å². The molecule has 1 aromatic rings. The van der Waals surface area contributed by atoms with Crippen LogP contribution in [0.15, 0.2) is 9.72 Å². The van der Waals surface area contributed by atoms with Gasteiger partial charge in [0.1, 0.15) is 0 Å². The third-order valence-electron chi connectivity index (χ3n) is 2.53. The minimum Gasteiger partial charge on any atom is -0.476 e. The molecular formula is C10H15N3O5S2. The van der Waals surface area contributed by atoms with E-state index in [1.54, 1.807) is 14.0 Å². The zero-order chi connectivity index (χ0) is 15.5. The highest BCUT2D eigenvalue weighted by molar-refractivity contribution is 7.91. The largest absolute Gasteiger partial charge is 0.476 e. The van der Waals surface area contributed by atoms with E-state index in [0.717, 1.165) is 5.51 Å². The van der Waals surface area contributed by atoms with Gasteiger partial charge in [0, 0.05) is 13.6 Å². The molecule has 0 saturated carbocycles. The number of sulfonamides is 1. The van der Waals surface area contributed by atoms with Crippen LogP contribution in [0, 0.1) is 0 Å². The molecule has 1 heterocycles. The van der Waals surface area contributed by atoms with Gasteiger partial charge in [-0.15, -0.1) is 11.3 Å². The number of aromatic carboxylic acids is 1. The standard InChI is InChI=1S/C10H15N3O5S2/c1-4-13(3)8(14)6(2)12-20(17,18)10-7(9(15)16)11-5-19-10/h5-6,12H,4H2,1-3H3,(H,15,16). The summed E-state index contributed by atoms with van der Waals surface area (Å²) in [6.45, 7) is 3.59. The number of thiazole rings is 1. The van der Waals surface area contributed by atoms with Crippen molar-refractivity contribution < 1.29 is 23.1 Å². The number of likely N-dealkylation sites (N-methyl/N-ethyl adjacent to an activating group) is 1. The molecule has 0 spiro atoms. The second-order valence-corrected chi connectivity index (χ2v) is 6.75. The van der Waals surface area contributed by atoms with E-state index in [4.69, 9.17) is 5.11 Å². The zero-order valence-electron chi connectivity index (χ0n) is 11.2. The zero-order valence-corrected chi connectivity index (χ0v) is 12.8. The Kier molecular flexibility index (Phi) is 5.20. The monoisotopic (exact) mass is 321 g/mol. The summed E-state index contributed by atoms with van der Waals surface area (Å²) in [4.78, 5) is 27.5. The molecule has 0 aliphatic carbocycles. The summed E-state index contributed by atoms with van der Waals surface area (Å²) < 4.78 is 25.9. The number of carboxylic acid groups (broad SMARTS) is 1. The predicted octanol–water partition coefficient (Wildman–Crippen LogP) is -0.0136. The molecular weight excluding hydrogens is 306 g/mol. The molecule has 0 saturated heterocycles. The van der Waals surface area contributed by atoms with Crippen molar-refractivity contribution in [3.05, 3.63) is 11.2 Å². The van der Waals surface area contributed by atoms with Crippen LogP contribution in [-0.4, -0.2) is 54.9 Å². The topological polar surface area (TPSA) is 117 Å². The quantitative estimate of drug-likeness (QED) is 0.761. The van der Waals surface area contributed by atoms with Crippen LogP contribution in [0.4, 0.5) is 0 Å². The SMILES string of the molecule is CCN(C)C(=O)C(C)NS(=O)(=O)c1scnc1C(=O)O. The average molecular weight is 321 g/mol. The lowest BCUT2D eigenvalue weighted by Gasteiger charge is -2.20. The number of rotatable bonds is 6. The van der Waals surface area contributed by atoms with Gasteiger partial charge in [0.15, 0.2) is 9.90 Å². The van der Waals surface area contributed by atoms with Gasteiger partial charge < -0.3 is 10.0 Å². The third kappa shape index (κ3) is 3.52. The Morgan fingerprint density at radius 3 is 2.65 bits per heavy atom. The molecule has 2 N–H and O–H groups in total. The third-order valence-corrected chi connectivity index (χ3v) is 5.44. The fourth-order valence-corrected chi connectivity index (χ4v) is 3.75. The summed E-state index contributed by atoms with van der Waals surface area (Å²) >= 11 is 0.685. The maximum atomic E-state index is 12.1. The van der Waals surface area contributed by atoms with E-state index >= 15 is 0 Å². The first kappa shape index (κ1) is 16.5. The summed E-state index contributed by atoms with van der Waals surface area (Å²) in [7, 11) is -2.56. The molecule has 112 valence electrons. The number of hydrogen-bond acceptors (Lipinski definition) is 6. The van der Waals surface area contributed by atoms with Crippen molar-refractivity contribution in [1.29, 1.82) is 0 Å². The second-order valence-electron chi connectivity index (χ2n) is 3.99. The fraction of sp³-hybridized carbons (Fsp3) is 0.500. The van der Waals surface area contributed by atoms with Crippen LogP contribution >= 0.6 is 11.3 Å². The van der Waals surface area contributed by atoms with Crippen molar-refractivity contribution in [3.8, 4) is 0 Å². The first-order valence-electron chi connectivity index (χ1n) is 5.64. The maximum absolute atomic E-state index is 12.1. The summed E-state index contributed by atoms with van der Waals surface area (Å²) in [5.41, 5.74) is 0.578. The summed E-state index contributed by atoms with van der Waals surface area (Å²) in [6.07, 6.45) is 0. The Labute approximate surface area is 120 Å². The van der Waals surface area contributed by atoms with Gasteiger partial charge in [-0.3, -0.25) is 4.79 Å². The number of carboxylic acids is 1. The Morgan fingerprint density at radius 1 is 1.55 bits per heavy atom. The molecule has 0 bridgehead atoms. The average Bonchev–Trinajstić information content (AvgIpc) is 2.86. The van der Waals surface area contributed by atoms with E-state index in [1.165, 1.54) is 11.8 Å². The van der Waals surface area contributed by atoms with Crippen LogP contribution in [0.3, 0.4) is 0 Å². The van der Waals surface area contributed by atoms with Crippen LogP contribution in [-0.2, 0) is 14.8 Å². The Morgan fingerprint density at radius 2 is 2.15 bits per heavy atom. The molecule has 0 aromatic carbocycles. The number of carbonyl (C=O) groups is 2. The molecule has 1 atom stereocenters. The molecule has 0 aliphatic heterocycles. The highest BCUT2D eigenvalue weighted by atomic mass is 32.2. The van der Waals surface area contributed by atoms with E-state index in [0.29, 0.717) is 17.9 Å². The van der Waals surface area contributed by atoms with Gasteiger partial charge >= 0.3 is 5.97 Å². The normalized spacial score (nSPS) is 12.9. The number of amides is 1. The van der Waals surface area contributed by atoms with Crippen LogP contribution in [0.25, 0.3) is 0 Å². The number of nitrogens with one attached hydrogen (secondary N) is 1. The second kappa shape index (κ2) is 6.29. The molecule has 0 aliphatic rings. The molecule has 0 radical (unpaired) electrons. The lowest BCUT2D eigenvalue weighted by molar-refractivity contribution is -0.131. The number of aromatic nitrogens is 1. The van der Waals surface area contributed by atoms with Crippen LogP contribution < -0.4 is 4.72 Å². The predicted molar refractivity (Wildman–Crippen MR) is 72.2 cm³/mol. The van der Waals surface area contributed by atoms with Gasteiger partial charge in [-0.2, -0.15) is 4.72 Å². The lowest BCUT2D eigenvalue weighted by Crippen LogP contribution is -2.45. The Bertz CT molecular complexity index is 610. The summed E-state index contributed by atoms with van der Waals surface area (Å²) in [6, 6.07) is -0.992. The molecule has 0 fully saturated rings. The van der Waals surface area contributed by atoms with E-state index in [2.05, 4.69) is 9.71 Å². The van der Waals surface area contributed by atoms with Crippen molar-refractivity contribution in [2.75, 3.05) is 13.6 Å². The van der Waals surface area contributed by atoms with E-state index < -0.39 is 37.8 Å². The first-order chi connectivity index (χ1) is 9.20. The van der Waals surface area contributed by atoms with Crippen molar-refractivity contribution >= 4 is 33.2 Å². The molecule has 1 unspecified atom stereocenters. The minimum absolute atomic E-state index is 0.405. The van der Waals surface area contributed by atoms with Gasteiger partial charge in [0.2, 0.25) is 5.91 Å². The van der Waals surface area contributed by atoms with Crippen LogP contribution in [0.1, 0.15) is 24.3 Å². The number of carbonyl (C=O) groups excluding carboxylic acids is 1. The Balaban J connectivity index is 2.98. The fourth-order valence-electron chi connectivity index (χ4n) is 1.39. The van der Waals surface area contributed by atoms with Gasteiger partial charge in [-0.1, -0.05) is 0 Å². The smallest absolute Gasteiger partial charge is 0.356 e. The minimum atomic E-state index is -4.10. The van der Waals surface area contributed by atoms with Crippen molar-refractivity contribution in [2.45, 2.75) is 24.1 Å². The molecule has 1 aromatic heterocycles. The van der Waals surface area contributed by atoms with Gasteiger partial charge in [0.25, 0.3) is 10.0 Å². The Hall–Kier alpha value is -1.52. The van der Waals surface area contributed by atoms with Crippen molar-refractivity contribution in [3.63, 3.8) is 0 Å². The van der Waals surface area contributed by atoms with Gasteiger partial charge in [-0.05, 0) is 13.8 Å². The van der Waals surface area contributed by atoms with E-state index in [-0.39, 0.29) is 0 Å². The van der Waals surface area contributed by atoms with Crippen LogP contribution in [0.5, 0.6) is 0 Å². The van der Waals surface area contributed by atoms with Crippen molar-refractivity contribution in [1.82, 2.24) is 14.6 Å².